The number of rotatable bonds is 10. The highest BCUT2D eigenvalue weighted by Crippen LogP contribution is 2.21. The molecule has 0 aromatic heterocycles. The van der Waals surface area contributed by atoms with Crippen molar-refractivity contribution in [1.29, 1.82) is 0 Å². The highest BCUT2D eigenvalue weighted by molar-refractivity contribution is 8.17. The zero-order valence-corrected chi connectivity index (χ0v) is 16.6. The van der Waals surface area contributed by atoms with Crippen molar-refractivity contribution < 1.29 is 66.9 Å². The van der Waals surface area contributed by atoms with Crippen LogP contribution >= 0.6 is 0 Å². The molecule has 26 heavy (non-hydrogen) atoms. The first-order valence-electron chi connectivity index (χ1n) is 4.95. The summed E-state index contributed by atoms with van der Waals surface area (Å²) in [5, 5.41) is -4.65. The molecule has 0 spiro atoms. The molecule has 0 aliphatic carbocycles. The average molecular weight is 504 g/mol. The molecule has 0 saturated carbocycles. The SMILES string of the molecule is C=C(S(=O)(=O)OS(=O)(=O)CS(=O)(=O)O)S(=O)(=O)OS(=O)(=O)CS(=O)(=O)O. The Balaban J connectivity index is 5.77. The van der Waals surface area contributed by atoms with Gasteiger partial charge in [0.05, 0.1) is 0 Å². The second-order valence-electron chi connectivity index (χ2n) is 3.93. The third-order valence-electron chi connectivity index (χ3n) is 1.53. The third kappa shape index (κ3) is 9.28. The van der Waals surface area contributed by atoms with Crippen molar-refractivity contribution in [2.24, 2.45) is 0 Å². The smallest absolute Gasteiger partial charge is 0.285 e. The van der Waals surface area contributed by atoms with Gasteiger partial charge in [0.1, 0.15) is 0 Å². The normalized spacial score (nSPS) is 14.8. The third-order valence-corrected chi connectivity index (χ3v) is 11.7. The second-order valence-corrected chi connectivity index (χ2v) is 14.5. The van der Waals surface area contributed by atoms with Crippen molar-refractivity contribution >= 4 is 60.7 Å². The van der Waals surface area contributed by atoms with Crippen LogP contribution in [0.1, 0.15) is 0 Å². The molecule has 156 valence electrons. The molecule has 0 aromatic carbocycles. The van der Waals surface area contributed by atoms with E-state index >= 15 is 0 Å². The fraction of sp³-hybridized carbons (Fsp3) is 0.500. The van der Waals surface area contributed by atoms with E-state index in [0.29, 0.717) is 0 Å². The average Bonchev–Trinajstić information content (AvgIpc) is 2.16. The molecule has 0 aromatic rings. The summed E-state index contributed by atoms with van der Waals surface area (Å²) in [7, 11) is -34.0. The van der Waals surface area contributed by atoms with Crippen LogP contribution in [0.3, 0.4) is 0 Å². The Morgan fingerprint density at radius 1 is 0.615 bits per heavy atom. The Labute approximate surface area is 148 Å². The van der Waals surface area contributed by atoms with E-state index in [1.165, 1.54) is 0 Å². The topological polar surface area (TPSA) is 264 Å². The van der Waals surface area contributed by atoms with Crippen LogP contribution in [0.4, 0.5) is 0 Å². The Bertz CT molecular complexity index is 1110. The van der Waals surface area contributed by atoms with E-state index < -0.39 is 75.1 Å². The lowest BCUT2D eigenvalue weighted by Gasteiger charge is -2.08. The first-order valence-corrected chi connectivity index (χ1v) is 14.1. The molecule has 0 rings (SSSR count). The van der Waals surface area contributed by atoms with Gasteiger partial charge in [0.15, 0.2) is 0 Å². The summed E-state index contributed by atoms with van der Waals surface area (Å²) in [6, 6.07) is 0. The van der Waals surface area contributed by atoms with Gasteiger partial charge < -0.3 is 0 Å². The Morgan fingerprint density at radius 2 is 0.846 bits per heavy atom. The summed E-state index contributed by atoms with van der Waals surface area (Å²) in [4.78, 5) is 0. The van der Waals surface area contributed by atoms with Crippen LogP contribution in [0.25, 0.3) is 0 Å². The maximum atomic E-state index is 11.5. The van der Waals surface area contributed by atoms with Crippen LogP contribution in [0, 0.1) is 0 Å². The summed E-state index contributed by atoms with van der Waals surface area (Å²) in [5.41, 5.74) is 0. The molecule has 16 nitrogen and oxygen atoms in total. The van der Waals surface area contributed by atoms with Gasteiger partial charge in [0.2, 0.25) is 14.4 Å². The van der Waals surface area contributed by atoms with E-state index in [1.807, 2.05) is 0 Å². The molecule has 0 heterocycles. The van der Waals surface area contributed by atoms with Crippen molar-refractivity contribution in [1.82, 2.24) is 0 Å². The molecular weight excluding hydrogens is 496 g/mol. The van der Waals surface area contributed by atoms with E-state index in [9.17, 15) is 50.5 Å². The first kappa shape index (κ1) is 25.3. The molecular formula is C4H8O16S6. The molecule has 0 unspecified atom stereocenters. The fourth-order valence-corrected chi connectivity index (χ4v) is 9.11. The molecule has 0 amide bonds. The summed E-state index contributed by atoms with van der Waals surface area (Å²) < 4.78 is 153. The Kier molecular flexibility index (Phi) is 7.16. The van der Waals surface area contributed by atoms with E-state index in [-0.39, 0.29) is 0 Å². The number of hydrogen-bond donors (Lipinski definition) is 2. The van der Waals surface area contributed by atoms with Gasteiger partial charge in [-0.15, -0.1) is 7.26 Å². The van der Waals surface area contributed by atoms with Gasteiger partial charge in [-0.1, -0.05) is 6.58 Å². The van der Waals surface area contributed by atoms with E-state index in [0.717, 1.165) is 0 Å². The fourth-order valence-electron chi connectivity index (χ4n) is 0.878. The Hall–Kier alpha value is -0.720. The van der Waals surface area contributed by atoms with Crippen LogP contribution in [0.2, 0.25) is 0 Å². The summed E-state index contributed by atoms with van der Waals surface area (Å²) >= 11 is 0. The summed E-state index contributed by atoms with van der Waals surface area (Å²) in [5.74, 6) is 0. The van der Waals surface area contributed by atoms with Crippen LogP contribution in [-0.2, 0) is 68.0 Å². The highest BCUT2D eigenvalue weighted by atomic mass is 32.3. The minimum absolute atomic E-state index is 2.28. The maximum Gasteiger partial charge on any atom is 0.324 e. The minimum Gasteiger partial charge on any atom is -0.285 e. The maximum absolute atomic E-state index is 11.5. The Morgan fingerprint density at radius 3 is 1.04 bits per heavy atom. The van der Waals surface area contributed by atoms with Crippen molar-refractivity contribution in [2.45, 2.75) is 0 Å². The van der Waals surface area contributed by atoms with E-state index in [1.54, 1.807) is 0 Å². The molecule has 0 fully saturated rings. The molecule has 0 aliphatic heterocycles. The van der Waals surface area contributed by atoms with Gasteiger partial charge in [-0.05, 0) is 0 Å². The van der Waals surface area contributed by atoms with Crippen LogP contribution in [0.5, 0.6) is 0 Å². The van der Waals surface area contributed by atoms with Gasteiger partial charge in [0, 0.05) is 0 Å². The first-order chi connectivity index (χ1) is 11.0. The van der Waals surface area contributed by atoms with Crippen molar-refractivity contribution in [3.8, 4) is 0 Å². The lowest BCUT2D eigenvalue weighted by molar-refractivity contribution is 0.462. The molecule has 0 saturated heterocycles. The zero-order valence-electron chi connectivity index (χ0n) is 11.7. The molecule has 2 N–H and O–H groups in total. The molecule has 0 aliphatic rings. The minimum atomic E-state index is -6.01. The lowest BCUT2D eigenvalue weighted by atomic mass is 11.3. The molecule has 0 radical (unpaired) electrons. The predicted octanol–water partition coefficient (Wildman–Crippen LogP) is -3.50. The van der Waals surface area contributed by atoms with Crippen LogP contribution in [0.15, 0.2) is 10.8 Å². The second kappa shape index (κ2) is 7.36. The van der Waals surface area contributed by atoms with Gasteiger partial charge in [-0.3, -0.25) is 9.11 Å². The van der Waals surface area contributed by atoms with Crippen molar-refractivity contribution in [3.63, 3.8) is 0 Å². The van der Waals surface area contributed by atoms with Crippen molar-refractivity contribution in [3.05, 3.63) is 10.8 Å². The standard InChI is InChI=1S/C4H8O16S6/c1-4(25(15,16)19-23(11,12)2-21(5,6)7)26(17,18)20-24(13,14)3-22(8,9)10/h1-3H2,(H,5,6,7)(H,8,9,10). The van der Waals surface area contributed by atoms with Gasteiger partial charge >= 0.3 is 20.2 Å². The molecule has 0 bridgehead atoms. The number of hydrogen-bond acceptors (Lipinski definition) is 14. The summed E-state index contributed by atoms with van der Waals surface area (Å²) in [6.07, 6.45) is 0. The van der Waals surface area contributed by atoms with Gasteiger partial charge in [0.25, 0.3) is 40.5 Å². The van der Waals surface area contributed by atoms with Crippen LogP contribution < -0.4 is 0 Å². The quantitative estimate of drug-likeness (QED) is 0.273. The zero-order chi connectivity index (χ0) is 21.4. The van der Waals surface area contributed by atoms with Crippen LogP contribution in [-0.4, -0.2) is 69.8 Å². The van der Waals surface area contributed by atoms with Gasteiger partial charge in [-0.25, -0.2) is 0 Å². The van der Waals surface area contributed by atoms with Crippen molar-refractivity contribution in [2.75, 3.05) is 10.2 Å². The molecule has 0 atom stereocenters. The lowest BCUT2D eigenvalue weighted by Crippen LogP contribution is -2.27. The van der Waals surface area contributed by atoms with E-state index in [4.69, 9.17) is 9.11 Å². The molecule has 22 heteroatoms. The largest absolute Gasteiger partial charge is 0.324 e. The monoisotopic (exact) mass is 504 g/mol. The van der Waals surface area contributed by atoms with E-state index in [2.05, 4.69) is 13.8 Å². The van der Waals surface area contributed by atoms with Gasteiger partial charge in [-0.2, -0.15) is 50.5 Å². The predicted molar refractivity (Wildman–Crippen MR) is 79.8 cm³/mol. The highest BCUT2D eigenvalue weighted by Gasteiger charge is 2.40. The summed E-state index contributed by atoms with van der Waals surface area (Å²) in [6.45, 7) is 2.28.